The Morgan fingerprint density at radius 3 is 2.17 bits per heavy atom. The number of nitrogens with two attached hydrogens (primary N) is 2. The molecule has 68 valence electrons. The van der Waals surface area contributed by atoms with E-state index >= 15 is 0 Å². The van der Waals surface area contributed by atoms with Crippen LogP contribution in [0.15, 0.2) is 0 Å². The molecule has 0 aliphatic carbocycles. The van der Waals surface area contributed by atoms with Crippen molar-refractivity contribution < 1.29 is 9.59 Å². The second kappa shape index (κ2) is 3.53. The number of rotatable bonds is 0. The van der Waals surface area contributed by atoms with E-state index in [2.05, 4.69) is 0 Å². The zero-order chi connectivity index (χ0) is 9.14. The van der Waals surface area contributed by atoms with Crippen molar-refractivity contribution in [3.05, 3.63) is 0 Å². The minimum absolute atomic E-state index is 0.155. The Bertz CT molecular complexity index is 197. The highest BCUT2D eigenvalue weighted by Gasteiger charge is 2.23. The number of piperidine rings is 1. The summed E-state index contributed by atoms with van der Waals surface area (Å²) in [5, 5.41) is 0. The molecule has 0 saturated carbocycles. The number of carbonyl (C=O) groups excluding carboxylic acids is 2. The van der Waals surface area contributed by atoms with Crippen LogP contribution in [0.25, 0.3) is 0 Å². The van der Waals surface area contributed by atoms with Gasteiger partial charge >= 0.3 is 11.8 Å². The molecule has 12 heavy (non-hydrogen) atoms. The summed E-state index contributed by atoms with van der Waals surface area (Å²) in [6, 6.07) is 0.155. The monoisotopic (exact) mass is 171 g/mol. The van der Waals surface area contributed by atoms with Crippen molar-refractivity contribution in [3.63, 3.8) is 0 Å². The van der Waals surface area contributed by atoms with Gasteiger partial charge in [-0.2, -0.15) is 0 Å². The number of likely N-dealkylation sites (tertiary alicyclic amines) is 1. The molecular weight excluding hydrogens is 158 g/mol. The highest BCUT2D eigenvalue weighted by Crippen LogP contribution is 2.07. The van der Waals surface area contributed by atoms with Gasteiger partial charge in [0.15, 0.2) is 0 Å². The first kappa shape index (κ1) is 8.99. The van der Waals surface area contributed by atoms with E-state index in [1.807, 2.05) is 0 Å². The SMILES string of the molecule is NC(=O)C(=O)N1CCC(N)CC1. The van der Waals surface area contributed by atoms with Gasteiger partial charge in [0.2, 0.25) is 0 Å². The molecule has 0 aromatic rings. The van der Waals surface area contributed by atoms with Crippen LogP contribution >= 0.6 is 0 Å². The Labute approximate surface area is 70.7 Å². The normalized spacial score (nSPS) is 19.2. The Kier molecular flexibility index (Phi) is 2.65. The maximum Gasteiger partial charge on any atom is 0.311 e. The lowest BCUT2D eigenvalue weighted by Crippen LogP contribution is -2.47. The van der Waals surface area contributed by atoms with Gasteiger partial charge in [0.25, 0.3) is 0 Å². The third-order valence-electron chi connectivity index (χ3n) is 2.04. The lowest BCUT2D eigenvalue weighted by atomic mass is 10.1. The Hall–Kier alpha value is -1.10. The first-order valence-corrected chi connectivity index (χ1v) is 3.95. The van der Waals surface area contributed by atoms with Crippen LogP contribution in [0.1, 0.15) is 12.8 Å². The van der Waals surface area contributed by atoms with Crippen LogP contribution in [0.3, 0.4) is 0 Å². The van der Waals surface area contributed by atoms with Crippen LogP contribution in [0.2, 0.25) is 0 Å². The Balaban J connectivity index is 2.44. The average Bonchev–Trinajstić information content (AvgIpc) is 2.04. The number of amides is 2. The second-order valence-corrected chi connectivity index (χ2v) is 2.99. The van der Waals surface area contributed by atoms with Crippen LogP contribution in [0.4, 0.5) is 0 Å². The van der Waals surface area contributed by atoms with Gasteiger partial charge < -0.3 is 16.4 Å². The van der Waals surface area contributed by atoms with Gasteiger partial charge in [0.05, 0.1) is 0 Å². The molecular formula is C7H13N3O2. The molecule has 5 nitrogen and oxygen atoms in total. The zero-order valence-corrected chi connectivity index (χ0v) is 6.82. The molecule has 1 aliphatic heterocycles. The van der Waals surface area contributed by atoms with Gasteiger partial charge in [0, 0.05) is 19.1 Å². The number of primary amides is 1. The number of nitrogens with zero attached hydrogens (tertiary/aromatic N) is 1. The summed E-state index contributed by atoms with van der Waals surface area (Å²) in [6.07, 6.45) is 1.50. The lowest BCUT2D eigenvalue weighted by Gasteiger charge is -2.28. The summed E-state index contributed by atoms with van der Waals surface area (Å²) in [7, 11) is 0. The smallest absolute Gasteiger partial charge is 0.311 e. The maximum absolute atomic E-state index is 11.0. The Morgan fingerprint density at radius 1 is 1.25 bits per heavy atom. The predicted octanol–water partition coefficient (Wildman–Crippen LogP) is -1.58. The van der Waals surface area contributed by atoms with E-state index in [1.165, 1.54) is 4.90 Å². The molecule has 0 radical (unpaired) electrons. The molecule has 1 heterocycles. The van der Waals surface area contributed by atoms with Crippen LogP contribution in [0, 0.1) is 0 Å². The largest absolute Gasteiger partial charge is 0.361 e. The molecule has 0 spiro atoms. The van der Waals surface area contributed by atoms with Gasteiger partial charge in [-0.3, -0.25) is 9.59 Å². The highest BCUT2D eigenvalue weighted by molar-refractivity contribution is 6.34. The molecule has 0 aromatic carbocycles. The van der Waals surface area contributed by atoms with E-state index in [-0.39, 0.29) is 6.04 Å². The van der Waals surface area contributed by atoms with Crippen LogP contribution in [-0.2, 0) is 9.59 Å². The van der Waals surface area contributed by atoms with Gasteiger partial charge in [0.1, 0.15) is 0 Å². The zero-order valence-electron chi connectivity index (χ0n) is 6.82. The van der Waals surface area contributed by atoms with Crippen molar-refractivity contribution in [1.82, 2.24) is 4.90 Å². The van der Waals surface area contributed by atoms with E-state index < -0.39 is 11.8 Å². The second-order valence-electron chi connectivity index (χ2n) is 2.99. The molecule has 0 aromatic heterocycles. The fourth-order valence-electron chi connectivity index (χ4n) is 1.26. The molecule has 1 rings (SSSR count). The number of carbonyl (C=O) groups is 2. The first-order valence-electron chi connectivity index (χ1n) is 3.95. The molecule has 1 aliphatic rings. The maximum atomic E-state index is 11.0. The fourth-order valence-corrected chi connectivity index (χ4v) is 1.26. The van der Waals surface area contributed by atoms with Crippen LogP contribution in [-0.4, -0.2) is 35.8 Å². The fraction of sp³-hybridized carbons (Fsp3) is 0.714. The van der Waals surface area contributed by atoms with Crippen molar-refractivity contribution in [2.24, 2.45) is 11.5 Å². The van der Waals surface area contributed by atoms with Crippen molar-refractivity contribution in [2.45, 2.75) is 18.9 Å². The van der Waals surface area contributed by atoms with E-state index in [1.54, 1.807) is 0 Å². The molecule has 1 fully saturated rings. The van der Waals surface area contributed by atoms with Gasteiger partial charge in [-0.25, -0.2) is 0 Å². The topological polar surface area (TPSA) is 89.4 Å². The summed E-state index contributed by atoms with van der Waals surface area (Å²) in [6.45, 7) is 1.09. The van der Waals surface area contributed by atoms with Crippen molar-refractivity contribution >= 4 is 11.8 Å². The third kappa shape index (κ3) is 1.94. The molecule has 1 saturated heterocycles. The summed E-state index contributed by atoms with van der Waals surface area (Å²) in [5.74, 6) is -1.48. The molecule has 0 atom stereocenters. The average molecular weight is 171 g/mol. The minimum atomic E-state index is -0.884. The molecule has 5 heteroatoms. The minimum Gasteiger partial charge on any atom is -0.361 e. The summed E-state index contributed by atoms with van der Waals surface area (Å²) >= 11 is 0. The molecule has 0 bridgehead atoms. The predicted molar refractivity (Wildman–Crippen MR) is 43.0 cm³/mol. The van der Waals surface area contributed by atoms with E-state index in [0.717, 1.165) is 12.8 Å². The van der Waals surface area contributed by atoms with Crippen molar-refractivity contribution in [2.75, 3.05) is 13.1 Å². The number of hydrogen-bond acceptors (Lipinski definition) is 3. The van der Waals surface area contributed by atoms with Gasteiger partial charge in [-0.15, -0.1) is 0 Å². The van der Waals surface area contributed by atoms with E-state index in [0.29, 0.717) is 13.1 Å². The highest BCUT2D eigenvalue weighted by atomic mass is 16.2. The standard InChI is InChI=1S/C7H13N3O2/c8-5-1-3-10(4-2-5)7(12)6(9)11/h5H,1-4,8H2,(H2,9,11). The van der Waals surface area contributed by atoms with Gasteiger partial charge in [-0.1, -0.05) is 0 Å². The van der Waals surface area contributed by atoms with Gasteiger partial charge in [-0.05, 0) is 12.8 Å². The number of hydrogen-bond donors (Lipinski definition) is 2. The Morgan fingerprint density at radius 2 is 1.75 bits per heavy atom. The summed E-state index contributed by atoms with van der Waals surface area (Å²) in [4.78, 5) is 22.9. The lowest BCUT2D eigenvalue weighted by molar-refractivity contribution is -0.144. The summed E-state index contributed by atoms with van der Waals surface area (Å²) in [5.41, 5.74) is 10.5. The van der Waals surface area contributed by atoms with Crippen LogP contribution < -0.4 is 11.5 Å². The molecule has 0 unspecified atom stereocenters. The quantitative estimate of drug-likeness (QED) is 0.431. The first-order chi connectivity index (χ1) is 5.61. The van der Waals surface area contributed by atoms with E-state index in [4.69, 9.17) is 11.5 Å². The summed E-state index contributed by atoms with van der Waals surface area (Å²) < 4.78 is 0. The third-order valence-corrected chi connectivity index (χ3v) is 2.04. The molecule has 2 amide bonds. The van der Waals surface area contributed by atoms with Crippen molar-refractivity contribution in [3.8, 4) is 0 Å². The van der Waals surface area contributed by atoms with E-state index in [9.17, 15) is 9.59 Å². The van der Waals surface area contributed by atoms with Crippen molar-refractivity contribution in [1.29, 1.82) is 0 Å². The van der Waals surface area contributed by atoms with Crippen LogP contribution in [0.5, 0.6) is 0 Å². The molecule has 4 N–H and O–H groups in total.